The highest BCUT2D eigenvalue weighted by Gasteiger charge is 2.20. The summed E-state index contributed by atoms with van der Waals surface area (Å²) >= 11 is 1.40. The number of amides is 1. The molecule has 3 rings (SSSR count). The lowest BCUT2D eigenvalue weighted by atomic mass is 10.2. The molecule has 0 saturated carbocycles. The Morgan fingerprint density at radius 2 is 2.04 bits per heavy atom. The highest BCUT2D eigenvalue weighted by molar-refractivity contribution is 8.00. The fraction of sp³-hybridized carbons (Fsp3) is 0.263. The van der Waals surface area contributed by atoms with Gasteiger partial charge in [0.15, 0.2) is 11.0 Å². The van der Waals surface area contributed by atoms with Gasteiger partial charge in [0.2, 0.25) is 5.91 Å². The first-order valence-electron chi connectivity index (χ1n) is 8.47. The van der Waals surface area contributed by atoms with Gasteiger partial charge in [-0.1, -0.05) is 30.0 Å². The van der Waals surface area contributed by atoms with Crippen LogP contribution in [0.15, 0.2) is 53.9 Å². The van der Waals surface area contributed by atoms with E-state index < -0.39 is 0 Å². The monoisotopic (exact) mass is 367 g/mol. The van der Waals surface area contributed by atoms with Gasteiger partial charge in [-0.15, -0.1) is 10.2 Å². The van der Waals surface area contributed by atoms with Crippen molar-refractivity contribution in [3.63, 3.8) is 0 Å². The largest absolute Gasteiger partial charge is 0.325 e. The summed E-state index contributed by atoms with van der Waals surface area (Å²) in [5, 5.41) is 12.0. The summed E-state index contributed by atoms with van der Waals surface area (Å²) in [6.07, 6.45) is 3.49. The number of benzene rings is 1. The molecule has 0 fully saturated rings. The number of thioether (sulfide) groups is 1. The van der Waals surface area contributed by atoms with Crippen LogP contribution in [-0.2, 0) is 11.3 Å². The maximum atomic E-state index is 12.5. The van der Waals surface area contributed by atoms with E-state index in [1.165, 1.54) is 11.8 Å². The molecule has 26 heavy (non-hydrogen) atoms. The lowest BCUT2D eigenvalue weighted by Crippen LogP contribution is -2.23. The molecule has 1 atom stereocenters. The first-order chi connectivity index (χ1) is 12.6. The molecule has 0 bridgehead atoms. The van der Waals surface area contributed by atoms with E-state index in [-0.39, 0.29) is 11.2 Å². The van der Waals surface area contributed by atoms with Crippen LogP contribution in [0.2, 0.25) is 0 Å². The normalized spacial score (nSPS) is 12.0. The second-order valence-corrected chi connectivity index (χ2v) is 7.16. The average Bonchev–Trinajstić information content (AvgIpc) is 3.06. The predicted octanol–water partition coefficient (Wildman–Crippen LogP) is 3.79. The minimum absolute atomic E-state index is 0.0575. The van der Waals surface area contributed by atoms with Crippen LogP contribution in [0.5, 0.6) is 0 Å². The zero-order valence-electron chi connectivity index (χ0n) is 15.0. The molecular formula is C19H21N5OS. The Morgan fingerprint density at radius 3 is 2.73 bits per heavy atom. The molecule has 0 aliphatic carbocycles. The molecule has 3 aromatic rings. The summed E-state index contributed by atoms with van der Waals surface area (Å²) in [4.78, 5) is 16.7. The Hall–Kier alpha value is -2.67. The number of aryl methyl sites for hydroxylation is 1. The molecule has 1 N–H and O–H groups in total. The SMILES string of the molecule is CCn1c(SC(C)C(=O)Nc2ccccc2C)nnc1-c1cccnc1. The number of anilines is 1. The second kappa shape index (κ2) is 8.14. The van der Waals surface area contributed by atoms with Crippen LogP contribution in [0.3, 0.4) is 0 Å². The van der Waals surface area contributed by atoms with Crippen LogP contribution in [0.1, 0.15) is 19.4 Å². The third-order valence-corrected chi connectivity index (χ3v) is 5.09. The van der Waals surface area contributed by atoms with Gasteiger partial charge >= 0.3 is 0 Å². The molecule has 1 unspecified atom stereocenters. The van der Waals surface area contributed by atoms with Crippen molar-refractivity contribution in [2.45, 2.75) is 37.7 Å². The van der Waals surface area contributed by atoms with E-state index in [0.717, 1.165) is 27.8 Å². The molecule has 0 radical (unpaired) electrons. The number of nitrogens with one attached hydrogen (secondary N) is 1. The summed E-state index contributed by atoms with van der Waals surface area (Å²) in [6.45, 7) is 6.59. The highest BCUT2D eigenvalue weighted by atomic mass is 32.2. The fourth-order valence-electron chi connectivity index (χ4n) is 2.53. The van der Waals surface area contributed by atoms with Crippen molar-refractivity contribution in [1.82, 2.24) is 19.7 Å². The molecule has 2 aromatic heterocycles. The molecule has 0 saturated heterocycles. The molecule has 134 valence electrons. The summed E-state index contributed by atoms with van der Waals surface area (Å²) in [7, 11) is 0. The van der Waals surface area contributed by atoms with Gasteiger partial charge in [-0.3, -0.25) is 9.78 Å². The van der Waals surface area contributed by atoms with E-state index in [0.29, 0.717) is 6.54 Å². The summed E-state index contributed by atoms with van der Waals surface area (Å²) < 4.78 is 2.00. The first kappa shape index (κ1) is 18.1. The number of para-hydroxylation sites is 1. The van der Waals surface area contributed by atoms with Crippen LogP contribution < -0.4 is 5.32 Å². The molecule has 0 aliphatic heterocycles. The first-order valence-corrected chi connectivity index (χ1v) is 9.35. The Kier molecular flexibility index (Phi) is 5.68. The molecule has 0 aliphatic rings. The molecule has 6 nitrogen and oxygen atoms in total. The fourth-order valence-corrected chi connectivity index (χ4v) is 3.44. The lowest BCUT2D eigenvalue weighted by molar-refractivity contribution is -0.115. The van der Waals surface area contributed by atoms with E-state index in [1.54, 1.807) is 12.4 Å². The molecule has 1 amide bonds. The van der Waals surface area contributed by atoms with Gasteiger partial charge in [-0.25, -0.2) is 0 Å². The number of nitrogens with zero attached hydrogens (tertiary/aromatic N) is 4. The Labute approximate surface area is 157 Å². The van der Waals surface area contributed by atoms with Crippen molar-refractivity contribution >= 4 is 23.4 Å². The van der Waals surface area contributed by atoms with Crippen molar-refractivity contribution < 1.29 is 4.79 Å². The van der Waals surface area contributed by atoms with Crippen molar-refractivity contribution in [3.05, 3.63) is 54.4 Å². The summed E-state index contributed by atoms with van der Waals surface area (Å²) in [5.41, 5.74) is 2.78. The van der Waals surface area contributed by atoms with Gasteiger partial charge in [0.25, 0.3) is 0 Å². The third kappa shape index (κ3) is 3.94. The van der Waals surface area contributed by atoms with E-state index in [2.05, 4.69) is 20.5 Å². The molecule has 7 heteroatoms. The summed E-state index contributed by atoms with van der Waals surface area (Å²) in [5.74, 6) is 0.701. The smallest absolute Gasteiger partial charge is 0.237 e. The number of rotatable bonds is 6. The maximum absolute atomic E-state index is 12.5. The van der Waals surface area contributed by atoms with Gasteiger partial charge < -0.3 is 9.88 Å². The Morgan fingerprint density at radius 1 is 1.23 bits per heavy atom. The quantitative estimate of drug-likeness (QED) is 0.671. The highest BCUT2D eigenvalue weighted by Crippen LogP contribution is 2.27. The van der Waals surface area contributed by atoms with Gasteiger partial charge in [0, 0.05) is 30.2 Å². The number of carbonyl (C=O) groups excluding carboxylic acids is 1. The van der Waals surface area contributed by atoms with Crippen molar-refractivity contribution in [3.8, 4) is 11.4 Å². The molecule has 2 heterocycles. The zero-order chi connectivity index (χ0) is 18.5. The number of aromatic nitrogens is 4. The van der Waals surface area contributed by atoms with Crippen molar-refractivity contribution in [2.75, 3.05) is 5.32 Å². The van der Waals surface area contributed by atoms with Crippen LogP contribution >= 0.6 is 11.8 Å². The number of hydrogen-bond donors (Lipinski definition) is 1. The molecule has 0 spiro atoms. The van der Waals surface area contributed by atoms with E-state index in [1.807, 2.05) is 61.7 Å². The number of hydrogen-bond acceptors (Lipinski definition) is 5. The maximum Gasteiger partial charge on any atom is 0.237 e. The Bertz CT molecular complexity index is 894. The third-order valence-electron chi connectivity index (χ3n) is 4.01. The topological polar surface area (TPSA) is 72.7 Å². The van der Waals surface area contributed by atoms with Crippen LogP contribution in [0, 0.1) is 6.92 Å². The van der Waals surface area contributed by atoms with Gasteiger partial charge in [-0.05, 0) is 44.5 Å². The molecular weight excluding hydrogens is 346 g/mol. The number of pyridine rings is 1. The number of carbonyl (C=O) groups is 1. The van der Waals surface area contributed by atoms with Crippen LogP contribution in [0.4, 0.5) is 5.69 Å². The molecule has 1 aromatic carbocycles. The lowest BCUT2D eigenvalue weighted by Gasteiger charge is -2.14. The van der Waals surface area contributed by atoms with Crippen LogP contribution in [0.25, 0.3) is 11.4 Å². The summed E-state index contributed by atoms with van der Waals surface area (Å²) in [6, 6.07) is 11.6. The van der Waals surface area contributed by atoms with E-state index in [9.17, 15) is 4.79 Å². The van der Waals surface area contributed by atoms with Crippen molar-refractivity contribution in [1.29, 1.82) is 0 Å². The standard InChI is InChI=1S/C19H21N5OS/c1-4-24-17(15-9-7-11-20-12-15)22-23-19(24)26-14(3)18(25)21-16-10-6-5-8-13(16)2/h5-12,14H,4H2,1-3H3,(H,21,25). The minimum atomic E-state index is -0.300. The van der Waals surface area contributed by atoms with E-state index in [4.69, 9.17) is 0 Å². The van der Waals surface area contributed by atoms with E-state index >= 15 is 0 Å². The second-order valence-electron chi connectivity index (χ2n) is 5.86. The zero-order valence-corrected chi connectivity index (χ0v) is 15.8. The van der Waals surface area contributed by atoms with Gasteiger partial charge in [0.1, 0.15) is 0 Å². The average molecular weight is 367 g/mol. The van der Waals surface area contributed by atoms with Gasteiger partial charge in [-0.2, -0.15) is 0 Å². The van der Waals surface area contributed by atoms with Gasteiger partial charge in [0.05, 0.1) is 5.25 Å². The predicted molar refractivity (Wildman–Crippen MR) is 104 cm³/mol. The van der Waals surface area contributed by atoms with Crippen molar-refractivity contribution in [2.24, 2.45) is 0 Å². The van der Waals surface area contributed by atoms with Crippen LogP contribution in [-0.4, -0.2) is 30.9 Å². The minimum Gasteiger partial charge on any atom is -0.325 e. The Balaban J connectivity index is 1.75.